The van der Waals surface area contributed by atoms with Crippen LogP contribution in [-0.2, 0) is 6.54 Å². The molecule has 0 bridgehead atoms. The number of aliphatic hydroxyl groups excluding tert-OH is 1. The predicted molar refractivity (Wildman–Crippen MR) is 100 cm³/mol. The predicted octanol–water partition coefficient (Wildman–Crippen LogP) is 5.04. The number of hydrogen-bond donors (Lipinski definition) is 1. The average Bonchev–Trinajstić information content (AvgIpc) is 3.03. The molecule has 1 radical (unpaired) electrons. The molecule has 0 aliphatic carbocycles. The zero-order chi connectivity index (χ0) is 17.0. The third kappa shape index (κ3) is 3.95. The maximum absolute atomic E-state index is 9.12. The summed E-state index contributed by atoms with van der Waals surface area (Å²) in [6.07, 6.45) is 6.22. The third-order valence-corrected chi connectivity index (χ3v) is 4.31. The summed E-state index contributed by atoms with van der Waals surface area (Å²) in [7, 11) is 0. The Morgan fingerprint density at radius 1 is 0.833 bits per heavy atom. The highest BCUT2D eigenvalue weighted by molar-refractivity contribution is 5.70. The lowest BCUT2D eigenvalue weighted by atomic mass is 9.90. The number of aliphatic hydroxyl groups is 1. The second kappa shape index (κ2) is 7.06. The van der Waals surface area contributed by atoms with E-state index in [0.29, 0.717) is 0 Å². The number of nitrogens with zero attached hydrogens (tertiary/aromatic N) is 1. The quantitative estimate of drug-likeness (QED) is 0.676. The van der Waals surface area contributed by atoms with E-state index in [1.54, 1.807) is 0 Å². The molecule has 2 nitrogen and oxygen atoms in total. The zero-order valence-corrected chi connectivity index (χ0v) is 14.3. The summed E-state index contributed by atoms with van der Waals surface area (Å²) in [5, 5.41) is 9.12. The number of rotatable bonds is 6. The Labute approximate surface area is 144 Å². The average molecular weight is 318 g/mol. The summed E-state index contributed by atoms with van der Waals surface area (Å²) in [6.45, 7) is 5.24. The maximum atomic E-state index is 9.12. The molecule has 0 fully saturated rings. The smallest absolute Gasteiger partial charge is 0.0468 e. The van der Waals surface area contributed by atoms with Gasteiger partial charge in [0.25, 0.3) is 0 Å². The molecule has 1 heterocycles. The van der Waals surface area contributed by atoms with Crippen LogP contribution in [0.1, 0.15) is 13.8 Å². The lowest BCUT2D eigenvalue weighted by Crippen LogP contribution is -2.20. The lowest BCUT2D eigenvalue weighted by Gasteiger charge is -2.23. The molecule has 2 heteroatoms. The molecule has 24 heavy (non-hydrogen) atoms. The summed E-state index contributed by atoms with van der Waals surface area (Å²) in [6, 6.07) is 21.3. The minimum absolute atomic E-state index is 0.0256. The molecule has 0 aliphatic rings. The summed E-state index contributed by atoms with van der Waals surface area (Å²) in [4.78, 5) is 0. The number of aromatic nitrogens is 1. The van der Waals surface area contributed by atoms with Gasteiger partial charge in [-0.05, 0) is 40.2 Å². The van der Waals surface area contributed by atoms with Crippen LogP contribution in [0.3, 0.4) is 0 Å². The van der Waals surface area contributed by atoms with Gasteiger partial charge in [0.05, 0.1) is 0 Å². The van der Waals surface area contributed by atoms with Crippen LogP contribution in [0.4, 0.5) is 0 Å². The van der Waals surface area contributed by atoms with Crippen LogP contribution in [0, 0.1) is 11.8 Å². The Hall–Kier alpha value is -2.32. The van der Waals surface area contributed by atoms with Gasteiger partial charge in [0.2, 0.25) is 0 Å². The van der Waals surface area contributed by atoms with E-state index in [1.807, 2.05) is 12.5 Å². The van der Waals surface area contributed by atoms with Crippen molar-refractivity contribution >= 4 is 0 Å². The van der Waals surface area contributed by atoms with Crippen LogP contribution < -0.4 is 0 Å². The topological polar surface area (TPSA) is 25.2 Å². The van der Waals surface area contributed by atoms with E-state index in [9.17, 15) is 0 Å². The molecule has 0 saturated heterocycles. The minimum Gasteiger partial charge on any atom is -0.396 e. The van der Waals surface area contributed by atoms with Crippen molar-refractivity contribution in [2.75, 3.05) is 6.61 Å². The molecule has 2 aromatic carbocycles. The molecular formula is C22H24NO. The van der Waals surface area contributed by atoms with Crippen molar-refractivity contribution in [3.05, 3.63) is 79.5 Å². The van der Waals surface area contributed by atoms with Crippen LogP contribution in [0.25, 0.3) is 22.3 Å². The van der Waals surface area contributed by atoms with Gasteiger partial charge in [0, 0.05) is 25.5 Å². The second-order valence-corrected chi connectivity index (χ2v) is 6.89. The van der Waals surface area contributed by atoms with Crippen LogP contribution in [0.5, 0.6) is 0 Å². The van der Waals surface area contributed by atoms with E-state index in [0.717, 1.165) is 6.54 Å². The molecule has 123 valence electrons. The Kier molecular flexibility index (Phi) is 4.86. The fourth-order valence-electron chi connectivity index (χ4n) is 2.98. The molecule has 1 aromatic heterocycles. The van der Waals surface area contributed by atoms with E-state index in [1.165, 1.54) is 22.3 Å². The van der Waals surface area contributed by atoms with Gasteiger partial charge >= 0.3 is 0 Å². The lowest BCUT2D eigenvalue weighted by molar-refractivity contribution is 0.263. The molecule has 3 rings (SSSR count). The van der Waals surface area contributed by atoms with Gasteiger partial charge in [-0.1, -0.05) is 68.4 Å². The van der Waals surface area contributed by atoms with Gasteiger partial charge in [-0.3, -0.25) is 0 Å². The molecule has 0 atom stereocenters. The zero-order valence-electron chi connectivity index (χ0n) is 14.3. The summed E-state index contributed by atoms with van der Waals surface area (Å²) >= 11 is 0. The number of hydrogen-bond acceptors (Lipinski definition) is 1. The van der Waals surface area contributed by atoms with Gasteiger partial charge in [-0.15, -0.1) is 0 Å². The molecule has 0 unspecified atom stereocenters. The standard InChI is InChI=1S/C22H24NO/c1-22(2,13-15-24)17-23-14-12-21(16-23)20-10-8-19(9-11-20)18-6-4-3-5-7-18/h3-14,16,24H,15,17H2,1-2H3. The second-order valence-electron chi connectivity index (χ2n) is 6.89. The number of benzene rings is 2. The first-order valence-electron chi connectivity index (χ1n) is 8.34. The van der Waals surface area contributed by atoms with E-state index in [-0.39, 0.29) is 12.0 Å². The summed E-state index contributed by atoms with van der Waals surface area (Å²) in [5.41, 5.74) is 4.88. The first-order valence-corrected chi connectivity index (χ1v) is 8.34. The Morgan fingerprint density at radius 3 is 2.04 bits per heavy atom. The van der Waals surface area contributed by atoms with Crippen LogP contribution >= 0.6 is 0 Å². The van der Waals surface area contributed by atoms with Crippen molar-refractivity contribution in [1.82, 2.24) is 4.57 Å². The molecule has 3 aromatic rings. The van der Waals surface area contributed by atoms with Crippen molar-refractivity contribution < 1.29 is 5.11 Å². The summed E-state index contributed by atoms with van der Waals surface area (Å²) in [5.74, 6) is 0. The van der Waals surface area contributed by atoms with E-state index < -0.39 is 0 Å². The van der Waals surface area contributed by atoms with Crippen molar-refractivity contribution in [2.24, 2.45) is 5.41 Å². The van der Waals surface area contributed by atoms with Crippen LogP contribution in [0.2, 0.25) is 0 Å². The van der Waals surface area contributed by atoms with E-state index in [4.69, 9.17) is 5.11 Å². The van der Waals surface area contributed by atoms with E-state index >= 15 is 0 Å². The first kappa shape index (κ1) is 16.5. The highest BCUT2D eigenvalue weighted by Gasteiger charge is 2.18. The van der Waals surface area contributed by atoms with Gasteiger partial charge in [-0.25, -0.2) is 0 Å². The third-order valence-electron chi connectivity index (χ3n) is 4.31. The van der Waals surface area contributed by atoms with Crippen molar-refractivity contribution in [2.45, 2.75) is 20.4 Å². The highest BCUT2D eigenvalue weighted by atomic mass is 16.3. The molecular weight excluding hydrogens is 294 g/mol. The van der Waals surface area contributed by atoms with Gasteiger partial charge in [0.1, 0.15) is 0 Å². The fraction of sp³-hybridized carbons (Fsp3) is 0.227. The minimum atomic E-state index is -0.0256. The Morgan fingerprint density at radius 2 is 1.42 bits per heavy atom. The highest BCUT2D eigenvalue weighted by Crippen LogP contribution is 2.27. The van der Waals surface area contributed by atoms with Crippen molar-refractivity contribution in [1.29, 1.82) is 0 Å². The summed E-state index contributed by atoms with van der Waals surface area (Å²) < 4.78 is 2.19. The van der Waals surface area contributed by atoms with Gasteiger partial charge < -0.3 is 9.67 Å². The Balaban J connectivity index is 1.76. The van der Waals surface area contributed by atoms with Crippen LogP contribution in [0.15, 0.2) is 73.1 Å². The molecule has 0 aliphatic heterocycles. The maximum Gasteiger partial charge on any atom is 0.0468 e. The first-order chi connectivity index (χ1) is 11.6. The Bertz CT molecular complexity index is 769. The molecule has 0 amide bonds. The normalized spacial score (nSPS) is 11.6. The van der Waals surface area contributed by atoms with E-state index in [2.05, 4.69) is 85.4 Å². The van der Waals surface area contributed by atoms with Crippen molar-refractivity contribution in [3.8, 4) is 22.3 Å². The largest absolute Gasteiger partial charge is 0.396 e. The van der Waals surface area contributed by atoms with Crippen LogP contribution in [-0.4, -0.2) is 16.3 Å². The fourth-order valence-corrected chi connectivity index (χ4v) is 2.98. The van der Waals surface area contributed by atoms with Gasteiger partial charge in [0.15, 0.2) is 0 Å². The molecule has 0 saturated carbocycles. The molecule has 1 N–H and O–H groups in total. The molecule has 0 spiro atoms. The SMILES string of the molecule is CC(C)([CH]CO)Cn1ccc(-c2ccc(-c3ccccc3)cc2)c1. The monoisotopic (exact) mass is 318 g/mol. The van der Waals surface area contributed by atoms with Gasteiger partial charge in [-0.2, -0.15) is 0 Å². The van der Waals surface area contributed by atoms with Crippen molar-refractivity contribution in [3.63, 3.8) is 0 Å².